The molecule has 0 amide bonds. The average molecular weight is 214 g/mol. The van der Waals surface area contributed by atoms with E-state index < -0.39 is 0 Å². The number of aromatic nitrogens is 3. The SMILES string of the molecule is NC1(CO)CCC(Sc2ncn[nH]2)C1. The summed E-state index contributed by atoms with van der Waals surface area (Å²) in [5.41, 5.74) is 5.59. The number of nitrogens with two attached hydrogens (primary N) is 1. The van der Waals surface area contributed by atoms with Gasteiger partial charge in [0, 0.05) is 10.8 Å². The molecule has 0 spiro atoms. The molecule has 0 saturated heterocycles. The van der Waals surface area contributed by atoms with E-state index in [1.807, 2.05) is 0 Å². The maximum absolute atomic E-state index is 9.10. The molecule has 6 heteroatoms. The second-order valence-corrected chi connectivity index (χ2v) is 5.08. The Morgan fingerprint density at radius 1 is 1.79 bits per heavy atom. The summed E-state index contributed by atoms with van der Waals surface area (Å²) in [6.07, 6.45) is 4.26. The van der Waals surface area contributed by atoms with E-state index in [9.17, 15) is 0 Å². The first-order valence-electron chi connectivity index (χ1n) is 4.64. The lowest BCUT2D eigenvalue weighted by molar-refractivity contribution is 0.200. The Balaban J connectivity index is 1.90. The number of nitrogens with one attached hydrogen (secondary N) is 1. The van der Waals surface area contributed by atoms with E-state index in [1.54, 1.807) is 11.8 Å². The summed E-state index contributed by atoms with van der Waals surface area (Å²) in [6.45, 7) is 0.0699. The molecule has 14 heavy (non-hydrogen) atoms. The Bertz CT molecular complexity index is 292. The Hall–Kier alpha value is -0.590. The first kappa shape index (κ1) is 9.95. The summed E-state index contributed by atoms with van der Waals surface area (Å²) in [5, 5.41) is 17.0. The topological polar surface area (TPSA) is 87.8 Å². The highest BCUT2D eigenvalue weighted by molar-refractivity contribution is 7.99. The van der Waals surface area contributed by atoms with Crippen molar-refractivity contribution in [1.29, 1.82) is 0 Å². The second kappa shape index (κ2) is 3.88. The number of hydrogen-bond acceptors (Lipinski definition) is 5. The third kappa shape index (κ3) is 2.08. The fourth-order valence-electron chi connectivity index (χ4n) is 1.76. The number of aliphatic hydroxyl groups excluding tert-OH is 1. The number of thioether (sulfide) groups is 1. The standard InChI is InChI=1S/C8H14N4OS/c9-8(4-13)2-1-6(3-8)14-7-10-5-11-12-7/h5-6,13H,1-4,9H2,(H,10,11,12). The van der Waals surface area contributed by atoms with Gasteiger partial charge in [0.2, 0.25) is 0 Å². The molecule has 0 radical (unpaired) electrons. The monoisotopic (exact) mass is 214 g/mol. The Morgan fingerprint density at radius 2 is 2.64 bits per heavy atom. The lowest BCUT2D eigenvalue weighted by Crippen LogP contribution is -2.40. The van der Waals surface area contributed by atoms with Crippen LogP contribution in [0.1, 0.15) is 19.3 Å². The number of nitrogens with zero attached hydrogens (tertiary/aromatic N) is 2. The van der Waals surface area contributed by atoms with Crippen molar-refractivity contribution in [3.63, 3.8) is 0 Å². The van der Waals surface area contributed by atoms with Gasteiger partial charge in [-0.05, 0) is 19.3 Å². The molecule has 1 aliphatic rings. The number of aliphatic hydroxyl groups is 1. The molecule has 5 nitrogen and oxygen atoms in total. The molecule has 1 heterocycles. The normalized spacial score (nSPS) is 32.3. The summed E-state index contributed by atoms with van der Waals surface area (Å²) in [7, 11) is 0. The highest BCUT2D eigenvalue weighted by Crippen LogP contribution is 2.37. The largest absolute Gasteiger partial charge is 0.394 e. The predicted molar refractivity (Wildman–Crippen MR) is 53.9 cm³/mol. The van der Waals surface area contributed by atoms with Crippen LogP contribution in [0.2, 0.25) is 0 Å². The smallest absolute Gasteiger partial charge is 0.183 e. The fourth-order valence-corrected chi connectivity index (χ4v) is 2.94. The molecule has 1 aliphatic carbocycles. The molecule has 4 N–H and O–H groups in total. The van der Waals surface area contributed by atoms with Crippen molar-refractivity contribution in [3.8, 4) is 0 Å². The van der Waals surface area contributed by atoms with Crippen LogP contribution in [0, 0.1) is 0 Å². The van der Waals surface area contributed by atoms with E-state index in [2.05, 4.69) is 15.2 Å². The fraction of sp³-hybridized carbons (Fsp3) is 0.750. The number of aromatic amines is 1. The van der Waals surface area contributed by atoms with Crippen molar-refractivity contribution in [2.75, 3.05) is 6.61 Å². The Kier molecular flexibility index (Phi) is 2.76. The van der Waals surface area contributed by atoms with Gasteiger partial charge in [0.15, 0.2) is 5.16 Å². The van der Waals surface area contributed by atoms with Crippen molar-refractivity contribution in [1.82, 2.24) is 15.2 Å². The van der Waals surface area contributed by atoms with Gasteiger partial charge in [-0.2, -0.15) is 5.10 Å². The number of rotatable bonds is 3. The van der Waals surface area contributed by atoms with Crippen LogP contribution in [0.5, 0.6) is 0 Å². The highest BCUT2D eigenvalue weighted by atomic mass is 32.2. The van der Waals surface area contributed by atoms with Crippen molar-refractivity contribution in [2.24, 2.45) is 5.73 Å². The van der Waals surface area contributed by atoms with Gasteiger partial charge < -0.3 is 10.8 Å². The van der Waals surface area contributed by atoms with E-state index in [4.69, 9.17) is 10.8 Å². The molecule has 1 aromatic heterocycles. The third-order valence-corrected chi connectivity index (χ3v) is 3.74. The molecule has 2 rings (SSSR count). The molecule has 1 saturated carbocycles. The summed E-state index contributed by atoms with van der Waals surface area (Å²) in [6, 6.07) is 0. The molecule has 0 aliphatic heterocycles. The minimum absolute atomic E-state index is 0.0699. The molecular formula is C8H14N4OS. The van der Waals surface area contributed by atoms with Crippen LogP contribution in [0.25, 0.3) is 0 Å². The highest BCUT2D eigenvalue weighted by Gasteiger charge is 2.35. The van der Waals surface area contributed by atoms with Crippen LogP contribution in [-0.2, 0) is 0 Å². The third-order valence-electron chi connectivity index (χ3n) is 2.58. The lowest BCUT2D eigenvalue weighted by Gasteiger charge is -2.20. The number of hydrogen-bond donors (Lipinski definition) is 3. The molecule has 0 bridgehead atoms. The zero-order valence-corrected chi connectivity index (χ0v) is 8.63. The van der Waals surface area contributed by atoms with E-state index in [0.717, 1.165) is 24.4 Å². The summed E-state index contributed by atoms with van der Waals surface area (Å²) in [5.74, 6) is 0. The molecule has 1 aromatic rings. The molecule has 1 fully saturated rings. The van der Waals surface area contributed by atoms with Gasteiger partial charge in [0.05, 0.1) is 6.61 Å². The van der Waals surface area contributed by atoms with Gasteiger partial charge in [0.1, 0.15) is 6.33 Å². The molecule has 2 atom stereocenters. The summed E-state index contributed by atoms with van der Waals surface area (Å²) < 4.78 is 0. The van der Waals surface area contributed by atoms with Crippen LogP contribution >= 0.6 is 11.8 Å². The van der Waals surface area contributed by atoms with Crippen LogP contribution in [0.15, 0.2) is 11.5 Å². The van der Waals surface area contributed by atoms with E-state index in [1.165, 1.54) is 6.33 Å². The first-order chi connectivity index (χ1) is 6.72. The first-order valence-corrected chi connectivity index (χ1v) is 5.52. The van der Waals surface area contributed by atoms with Gasteiger partial charge in [-0.25, -0.2) is 4.98 Å². The Labute approximate surface area is 86.5 Å². The van der Waals surface area contributed by atoms with E-state index in [0.29, 0.717) is 5.25 Å². The van der Waals surface area contributed by atoms with E-state index in [-0.39, 0.29) is 12.1 Å². The van der Waals surface area contributed by atoms with Crippen molar-refractivity contribution >= 4 is 11.8 Å². The van der Waals surface area contributed by atoms with Gasteiger partial charge in [-0.3, -0.25) is 5.10 Å². The molecular weight excluding hydrogens is 200 g/mol. The zero-order valence-electron chi connectivity index (χ0n) is 7.81. The van der Waals surface area contributed by atoms with Crippen LogP contribution < -0.4 is 5.73 Å². The van der Waals surface area contributed by atoms with Crippen molar-refractivity contribution < 1.29 is 5.11 Å². The number of H-pyrrole nitrogens is 1. The van der Waals surface area contributed by atoms with E-state index >= 15 is 0 Å². The van der Waals surface area contributed by atoms with Crippen molar-refractivity contribution in [3.05, 3.63) is 6.33 Å². The van der Waals surface area contributed by atoms with Crippen LogP contribution in [0.3, 0.4) is 0 Å². The Morgan fingerprint density at radius 3 is 3.21 bits per heavy atom. The minimum Gasteiger partial charge on any atom is -0.394 e. The lowest BCUT2D eigenvalue weighted by atomic mass is 10.0. The second-order valence-electron chi connectivity index (χ2n) is 3.79. The van der Waals surface area contributed by atoms with Gasteiger partial charge in [-0.1, -0.05) is 11.8 Å². The zero-order chi connectivity index (χ0) is 10.0. The molecule has 2 unspecified atom stereocenters. The summed E-state index contributed by atoms with van der Waals surface area (Å²) in [4.78, 5) is 4.05. The molecule has 0 aromatic carbocycles. The molecule has 78 valence electrons. The van der Waals surface area contributed by atoms with Crippen molar-refractivity contribution in [2.45, 2.75) is 35.2 Å². The maximum atomic E-state index is 9.10. The van der Waals surface area contributed by atoms with Crippen LogP contribution in [-0.4, -0.2) is 37.7 Å². The quantitative estimate of drug-likeness (QED) is 0.666. The predicted octanol–water partition coefficient (Wildman–Crippen LogP) is 0.139. The van der Waals surface area contributed by atoms with Gasteiger partial charge in [-0.15, -0.1) is 0 Å². The maximum Gasteiger partial charge on any atom is 0.183 e. The average Bonchev–Trinajstić information content (AvgIpc) is 2.78. The van der Waals surface area contributed by atoms with Gasteiger partial charge >= 0.3 is 0 Å². The van der Waals surface area contributed by atoms with Gasteiger partial charge in [0.25, 0.3) is 0 Å². The minimum atomic E-state index is -0.377. The van der Waals surface area contributed by atoms with Crippen LogP contribution in [0.4, 0.5) is 0 Å². The summed E-state index contributed by atoms with van der Waals surface area (Å²) >= 11 is 1.66.